The van der Waals surface area contributed by atoms with Gasteiger partial charge >= 0.3 is 29.6 Å². The first kappa shape index (κ1) is 19.2. The first-order valence-corrected chi connectivity index (χ1v) is 8.21. The molecule has 0 spiro atoms. The number of fused-ring (bicyclic) bond motifs is 1. The van der Waals surface area contributed by atoms with E-state index in [0.29, 0.717) is 23.0 Å². The van der Waals surface area contributed by atoms with Crippen LogP contribution in [0.4, 0.5) is 0 Å². The number of H-pyrrole nitrogens is 1. The van der Waals surface area contributed by atoms with Gasteiger partial charge in [0.1, 0.15) is 0 Å². The molecule has 0 saturated heterocycles. The Morgan fingerprint density at radius 2 is 2.11 bits per heavy atom. The van der Waals surface area contributed by atoms with Gasteiger partial charge in [0.15, 0.2) is 11.6 Å². The monoisotopic (exact) mass is 370 g/mol. The summed E-state index contributed by atoms with van der Waals surface area (Å²) in [6.45, 7) is 10.5. The quantitative estimate of drug-likeness (QED) is 0.367. The van der Waals surface area contributed by atoms with Gasteiger partial charge in [-0.2, -0.15) is 16.3 Å². The fourth-order valence-corrected chi connectivity index (χ4v) is 3.02. The van der Waals surface area contributed by atoms with E-state index in [4.69, 9.17) is 5.73 Å². The predicted molar refractivity (Wildman–Crippen MR) is 101 cm³/mol. The second kappa shape index (κ2) is 7.22. The van der Waals surface area contributed by atoms with Crippen LogP contribution in [-0.2, 0) is 13.6 Å². The van der Waals surface area contributed by atoms with Gasteiger partial charge in [-0.3, -0.25) is 14.5 Å². The summed E-state index contributed by atoms with van der Waals surface area (Å²) >= 11 is 0. The maximum atomic E-state index is 5.92. The first-order valence-electron chi connectivity index (χ1n) is 8.21. The summed E-state index contributed by atoms with van der Waals surface area (Å²) in [4.78, 5) is 4.67. The third-order valence-electron chi connectivity index (χ3n) is 4.34. The van der Waals surface area contributed by atoms with Crippen LogP contribution in [0.3, 0.4) is 0 Å². The zero-order valence-corrected chi connectivity index (χ0v) is 17.7. The Morgan fingerprint density at radius 1 is 1.33 bits per heavy atom. The van der Waals surface area contributed by atoms with Crippen molar-refractivity contribution in [1.29, 1.82) is 0 Å². The molecule has 1 aromatic carbocycles. The van der Waals surface area contributed by atoms with E-state index < -0.39 is 0 Å². The number of nitrogens with zero attached hydrogens (tertiary/aromatic N) is 6. The van der Waals surface area contributed by atoms with Crippen molar-refractivity contribution in [2.75, 3.05) is 0 Å². The molecular weight excluding hydrogens is 351 g/mol. The molecule has 3 aromatic heterocycles. The van der Waals surface area contributed by atoms with Crippen LogP contribution in [0, 0.1) is 6.92 Å². The summed E-state index contributed by atoms with van der Waals surface area (Å²) in [6.07, 6.45) is 1.80. The van der Waals surface area contributed by atoms with Crippen LogP contribution in [0.25, 0.3) is 39.5 Å². The molecule has 8 nitrogen and oxygen atoms in total. The fourth-order valence-electron chi connectivity index (χ4n) is 3.02. The normalized spacial score (nSPS) is 10.9. The molecule has 0 amide bonds. The number of benzene rings is 1. The molecule has 0 fully saturated rings. The van der Waals surface area contributed by atoms with Crippen LogP contribution in [0.5, 0.6) is 0 Å². The third-order valence-corrected chi connectivity index (χ3v) is 4.34. The molecular formula is C18H19N8Na. The van der Waals surface area contributed by atoms with Crippen molar-refractivity contribution in [3.8, 4) is 22.9 Å². The second-order valence-electron chi connectivity index (χ2n) is 6.09. The first-order chi connectivity index (χ1) is 12.5. The van der Waals surface area contributed by atoms with Gasteiger partial charge < -0.3 is 5.73 Å². The number of hydrogen-bond acceptors (Lipinski definition) is 5. The molecule has 9 heteroatoms. The maximum absolute atomic E-state index is 5.92. The van der Waals surface area contributed by atoms with E-state index in [-0.39, 0.29) is 29.6 Å². The SMILES string of the molecule is C=C(N)c1cc(-c2n[nH]c(-c3cc([CH2-])nn3CC)n2)c2cnn(C)c2c1.[Na+]. The van der Waals surface area contributed by atoms with Gasteiger partial charge in [0, 0.05) is 35.9 Å². The minimum absolute atomic E-state index is 0. The molecule has 0 saturated carbocycles. The van der Waals surface area contributed by atoms with Gasteiger partial charge in [0.05, 0.1) is 11.7 Å². The summed E-state index contributed by atoms with van der Waals surface area (Å²) < 4.78 is 3.63. The molecule has 27 heavy (non-hydrogen) atoms. The van der Waals surface area contributed by atoms with E-state index in [1.165, 1.54) is 0 Å². The molecule has 0 aliphatic heterocycles. The van der Waals surface area contributed by atoms with Gasteiger partial charge in [-0.1, -0.05) is 12.3 Å². The van der Waals surface area contributed by atoms with E-state index in [2.05, 4.69) is 38.9 Å². The number of aromatic nitrogens is 7. The number of hydrogen-bond donors (Lipinski definition) is 2. The van der Waals surface area contributed by atoms with Gasteiger partial charge in [-0.15, -0.1) is 0 Å². The molecule has 3 heterocycles. The Bertz CT molecular complexity index is 1130. The van der Waals surface area contributed by atoms with Crippen LogP contribution in [0.2, 0.25) is 0 Å². The number of aryl methyl sites for hydroxylation is 2. The van der Waals surface area contributed by atoms with E-state index in [1.54, 1.807) is 10.9 Å². The molecule has 0 radical (unpaired) electrons. The van der Waals surface area contributed by atoms with Gasteiger partial charge in [0.25, 0.3) is 0 Å². The van der Waals surface area contributed by atoms with Crippen molar-refractivity contribution in [2.24, 2.45) is 12.8 Å². The molecule has 0 atom stereocenters. The minimum atomic E-state index is 0. The molecule has 4 rings (SSSR count). The molecule has 0 aliphatic carbocycles. The van der Waals surface area contributed by atoms with Crippen LogP contribution >= 0.6 is 0 Å². The number of aromatic amines is 1. The van der Waals surface area contributed by atoms with E-state index in [1.807, 2.05) is 36.9 Å². The molecule has 4 aromatic rings. The molecule has 0 bridgehead atoms. The Hall–Kier alpha value is -2.55. The van der Waals surface area contributed by atoms with Crippen molar-refractivity contribution >= 4 is 16.6 Å². The van der Waals surface area contributed by atoms with Crippen molar-refractivity contribution < 1.29 is 29.6 Å². The van der Waals surface area contributed by atoms with Gasteiger partial charge in [-0.05, 0) is 24.6 Å². The summed E-state index contributed by atoms with van der Waals surface area (Å²) in [7, 11) is 1.88. The van der Waals surface area contributed by atoms with E-state index in [0.717, 1.165) is 34.3 Å². The topological polar surface area (TPSA) is 103 Å². The standard InChI is InChI=1S/C18H19N8.Na/c1-5-26-16(6-10(2)24-26)18-21-17(22-23-18)13-7-12(11(3)19)8-15-14(13)9-20-25(15)4;/h6-9H,2-3,5,19H2,1,4H3,(H,21,22,23);/q-1;+1. The fraction of sp³-hybridized carbons (Fsp3) is 0.167. The average Bonchev–Trinajstić information content (AvgIpc) is 3.32. The summed E-state index contributed by atoms with van der Waals surface area (Å²) in [6, 6.07) is 5.78. The van der Waals surface area contributed by atoms with Crippen LogP contribution in [0.1, 0.15) is 18.2 Å². The van der Waals surface area contributed by atoms with Crippen LogP contribution in [-0.4, -0.2) is 34.7 Å². The van der Waals surface area contributed by atoms with Crippen LogP contribution < -0.4 is 35.3 Å². The van der Waals surface area contributed by atoms with E-state index in [9.17, 15) is 0 Å². The van der Waals surface area contributed by atoms with Gasteiger partial charge in [0.2, 0.25) is 0 Å². The van der Waals surface area contributed by atoms with Gasteiger partial charge in [-0.25, -0.2) is 17.0 Å². The summed E-state index contributed by atoms with van der Waals surface area (Å²) in [5.74, 6) is 1.20. The molecule has 0 unspecified atom stereocenters. The molecule has 0 aliphatic rings. The van der Waals surface area contributed by atoms with Crippen molar-refractivity contribution in [3.63, 3.8) is 0 Å². The van der Waals surface area contributed by atoms with Crippen molar-refractivity contribution in [1.82, 2.24) is 34.7 Å². The number of nitrogens with one attached hydrogen (secondary N) is 1. The zero-order chi connectivity index (χ0) is 18.4. The minimum Gasteiger partial charge on any atom is -0.399 e. The average molecular weight is 370 g/mol. The molecule has 132 valence electrons. The number of nitrogens with two attached hydrogens (primary N) is 1. The largest absolute Gasteiger partial charge is 1.00 e. The summed E-state index contributed by atoms with van der Waals surface area (Å²) in [5, 5.41) is 17.0. The Balaban J connectivity index is 0.00000210. The zero-order valence-electron chi connectivity index (χ0n) is 15.7. The van der Waals surface area contributed by atoms with Crippen LogP contribution in [0.15, 0.2) is 31.0 Å². The van der Waals surface area contributed by atoms with E-state index >= 15 is 0 Å². The smallest absolute Gasteiger partial charge is 0.399 e. The predicted octanol–water partition coefficient (Wildman–Crippen LogP) is -0.643. The van der Waals surface area contributed by atoms with Crippen molar-refractivity contribution in [2.45, 2.75) is 13.5 Å². The Kier molecular flexibility index (Phi) is 5.14. The van der Waals surface area contributed by atoms with Crippen molar-refractivity contribution in [3.05, 3.63) is 49.2 Å². The number of rotatable bonds is 4. The Labute approximate surface area is 178 Å². The second-order valence-corrected chi connectivity index (χ2v) is 6.09. The molecule has 3 N–H and O–H groups in total. The maximum Gasteiger partial charge on any atom is 1.00 e. The summed E-state index contributed by atoms with van der Waals surface area (Å²) in [5.41, 5.74) is 10.5. The third kappa shape index (κ3) is 3.27. The Morgan fingerprint density at radius 3 is 2.81 bits per heavy atom.